The topological polar surface area (TPSA) is 50.9 Å². The van der Waals surface area contributed by atoms with Crippen molar-refractivity contribution in [3.8, 4) is 0 Å². The second kappa shape index (κ2) is 2.37. The summed E-state index contributed by atoms with van der Waals surface area (Å²) < 4.78 is 4.05. The lowest BCUT2D eigenvalue weighted by Gasteiger charge is -1.99. The zero-order chi connectivity index (χ0) is 7.84. The second-order valence-corrected chi connectivity index (χ2v) is 3.71. The number of nitrogens with zero attached hydrogens (tertiary/aromatic N) is 1. The third-order valence-corrected chi connectivity index (χ3v) is 2.77. The van der Waals surface area contributed by atoms with Crippen molar-refractivity contribution in [3.05, 3.63) is 5.56 Å². The minimum atomic E-state index is 0.665. The van der Waals surface area contributed by atoms with Gasteiger partial charge in [-0.1, -0.05) is 0 Å². The molecule has 1 aliphatic carbocycles. The molecule has 0 bridgehead atoms. The molecule has 0 atom stereocenters. The SMILES string of the molecule is Cc1c(N)nsc1NC1CC1. The maximum absolute atomic E-state index is 5.60. The molecule has 0 aliphatic heterocycles. The van der Waals surface area contributed by atoms with Crippen LogP contribution < -0.4 is 11.1 Å². The molecule has 60 valence electrons. The van der Waals surface area contributed by atoms with Crippen molar-refractivity contribution in [3.63, 3.8) is 0 Å². The van der Waals surface area contributed by atoms with Gasteiger partial charge in [-0.05, 0) is 31.3 Å². The van der Waals surface area contributed by atoms with E-state index in [1.165, 1.54) is 24.4 Å². The van der Waals surface area contributed by atoms with Gasteiger partial charge in [0.15, 0.2) is 0 Å². The summed E-state index contributed by atoms with van der Waals surface area (Å²) in [6.45, 7) is 2.00. The lowest BCUT2D eigenvalue weighted by Crippen LogP contribution is -2.00. The zero-order valence-electron chi connectivity index (χ0n) is 6.42. The molecule has 4 heteroatoms. The molecule has 0 unspecified atom stereocenters. The minimum absolute atomic E-state index is 0.665. The van der Waals surface area contributed by atoms with Gasteiger partial charge in [0.1, 0.15) is 10.8 Å². The number of aromatic nitrogens is 1. The maximum Gasteiger partial charge on any atom is 0.142 e. The van der Waals surface area contributed by atoms with Crippen molar-refractivity contribution in [2.24, 2.45) is 0 Å². The molecular formula is C7H11N3S. The molecule has 1 saturated carbocycles. The van der Waals surface area contributed by atoms with Crippen LogP contribution in [0.5, 0.6) is 0 Å². The van der Waals surface area contributed by atoms with Gasteiger partial charge in [-0.3, -0.25) is 0 Å². The smallest absolute Gasteiger partial charge is 0.142 e. The summed E-state index contributed by atoms with van der Waals surface area (Å²) in [6.07, 6.45) is 2.58. The van der Waals surface area contributed by atoms with E-state index < -0.39 is 0 Å². The Morgan fingerprint density at radius 3 is 2.82 bits per heavy atom. The van der Waals surface area contributed by atoms with Crippen molar-refractivity contribution in [2.45, 2.75) is 25.8 Å². The van der Waals surface area contributed by atoms with Crippen LogP contribution in [0.15, 0.2) is 0 Å². The molecule has 2 rings (SSSR count). The third-order valence-electron chi connectivity index (χ3n) is 1.87. The number of rotatable bonds is 2. The fraction of sp³-hybridized carbons (Fsp3) is 0.571. The Hall–Kier alpha value is -0.770. The van der Waals surface area contributed by atoms with E-state index in [9.17, 15) is 0 Å². The first-order valence-corrected chi connectivity index (χ1v) is 4.53. The summed E-state index contributed by atoms with van der Waals surface area (Å²) in [5.74, 6) is 0.665. The van der Waals surface area contributed by atoms with Gasteiger partial charge in [0.05, 0.1) is 0 Å². The summed E-state index contributed by atoms with van der Waals surface area (Å²) in [4.78, 5) is 0. The molecule has 0 saturated heterocycles. The van der Waals surface area contributed by atoms with Crippen LogP contribution in [0.2, 0.25) is 0 Å². The molecule has 0 radical (unpaired) electrons. The van der Waals surface area contributed by atoms with Crippen LogP contribution in [0.4, 0.5) is 10.8 Å². The summed E-state index contributed by atoms with van der Waals surface area (Å²) in [5.41, 5.74) is 6.70. The second-order valence-electron chi connectivity index (χ2n) is 2.94. The Morgan fingerprint density at radius 2 is 2.36 bits per heavy atom. The predicted octanol–water partition coefficient (Wildman–Crippen LogP) is 1.61. The first-order valence-electron chi connectivity index (χ1n) is 3.75. The molecule has 1 aromatic heterocycles. The fourth-order valence-corrected chi connectivity index (χ4v) is 1.68. The average Bonchev–Trinajstić information content (AvgIpc) is 2.74. The number of nitrogen functional groups attached to an aromatic ring is 1. The van der Waals surface area contributed by atoms with Gasteiger partial charge in [0, 0.05) is 11.6 Å². The molecule has 1 aliphatic rings. The highest BCUT2D eigenvalue weighted by molar-refractivity contribution is 7.10. The van der Waals surface area contributed by atoms with Crippen LogP contribution in [0, 0.1) is 6.92 Å². The number of hydrogen-bond donors (Lipinski definition) is 2. The van der Waals surface area contributed by atoms with Crippen LogP contribution in [0.3, 0.4) is 0 Å². The van der Waals surface area contributed by atoms with Crippen molar-refractivity contribution in [1.82, 2.24) is 4.37 Å². The quantitative estimate of drug-likeness (QED) is 0.707. The number of nitrogens with two attached hydrogens (primary N) is 1. The molecule has 0 spiro atoms. The highest BCUT2D eigenvalue weighted by Gasteiger charge is 2.22. The van der Waals surface area contributed by atoms with Crippen LogP contribution >= 0.6 is 11.5 Å². The molecule has 3 N–H and O–H groups in total. The molecule has 0 aromatic carbocycles. The average molecular weight is 169 g/mol. The van der Waals surface area contributed by atoms with E-state index in [1.54, 1.807) is 0 Å². The molecule has 1 heterocycles. The summed E-state index contributed by atoms with van der Waals surface area (Å²) in [6, 6.07) is 0.688. The Bertz CT molecular complexity index is 265. The summed E-state index contributed by atoms with van der Waals surface area (Å²) >= 11 is 1.46. The predicted molar refractivity (Wildman–Crippen MR) is 47.9 cm³/mol. The standard InChI is InChI=1S/C7H11N3S/c1-4-6(8)10-11-7(4)9-5-2-3-5/h5,9H,2-3H2,1H3,(H2,8,10). The van der Waals surface area contributed by atoms with Crippen molar-refractivity contribution < 1.29 is 0 Å². The summed E-state index contributed by atoms with van der Waals surface area (Å²) in [5, 5.41) is 4.52. The van der Waals surface area contributed by atoms with Gasteiger partial charge < -0.3 is 11.1 Å². The lowest BCUT2D eigenvalue weighted by atomic mass is 10.3. The normalized spacial score (nSPS) is 16.8. The monoisotopic (exact) mass is 169 g/mol. The minimum Gasteiger partial charge on any atom is -0.383 e. The summed E-state index contributed by atoms with van der Waals surface area (Å²) in [7, 11) is 0. The highest BCUT2D eigenvalue weighted by Crippen LogP contribution is 2.31. The number of anilines is 2. The van der Waals surface area contributed by atoms with Crippen LogP contribution in [0.1, 0.15) is 18.4 Å². The Morgan fingerprint density at radius 1 is 1.64 bits per heavy atom. The van der Waals surface area contributed by atoms with E-state index in [0.717, 1.165) is 10.6 Å². The van der Waals surface area contributed by atoms with E-state index in [1.807, 2.05) is 6.92 Å². The van der Waals surface area contributed by atoms with E-state index in [0.29, 0.717) is 11.9 Å². The molecule has 11 heavy (non-hydrogen) atoms. The third kappa shape index (κ3) is 1.30. The van der Waals surface area contributed by atoms with E-state index in [4.69, 9.17) is 5.73 Å². The molecular weight excluding hydrogens is 158 g/mol. The molecule has 3 nitrogen and oxygen atoms in total. The van der Waals surface area contributed by atoms with Crippen LogP contribution in [-0.2, 0) is 0 Å². The molecule has 1 fully saturated rings. The van der Waals surface area contributed by atoms with Gasteiger partial charge in [-0.25, -0.2) is 0 Å². The Kier molecular flexibility index (Phi) is 1.49. The van der Waals surface area contributed by atoms with Crippen molar-refractivity contribution in [2.75, 3.05) is 11.1 Å². The maximum atomic E-state index is 5.60. The zero-order valence-corrected chi connectivity index (χ0v) is 7.24. The van der Waals surface area contributed by atoms with Crippen molar-refractivity contribution in [1.29, 1.82) is 0 Å². The molecule has 0 amide bonds. The largest absolute Gasteiger partial charge is 0.383 e. The number of nitrogens with one attached hydrogen (secondary N) is 1. The van der Waals surface area contributed by atoms with E-state index in [-0.39, 0.29) is 0 Å². The highest BCUT2D eigenvalue weighted by atomic mass is 32.1. The Balaban J connectivity index is 2.15. The fourth-order valence-electron chi connectivity index (χ4n) is 0.896. The lowest BCUT2D eigenvalue weighted by molar-refractivity contribution is 1.16. The van der Waals surface area contributed by atoms with E-state index >= 15 is 0 Å². The van der Waals surface area contributed by atoms with Crippen LogP contribution in [-0.4, -0.2) is 10.4 Å². The van der Waals surface area contributed by atoms with E-state index in [2.05, 4.69) is 9.69 Å². The van der Waals surface area contributed by atoms with Gasteiger partial charge in [-0.15, -0.1) is 0 Å². The van der Waals surface area contributed by atoms with Crippen LogP contribution in [0.25, 0.3) is 0 Å². The van der Waals surface area contributed by atoms with Crippen molar-refractivity contribution >= 4 is 22.4 Å². The number of hydrogen-bond acceptors (Lipinski definition) is 4. The van der Waals surface area contributed by atoms with Gasteiger partial charge in [-0.2, -0.15) is 4.37 Å². The van der Waals surface area contributed by atoms with Gasteiger partial charge >= 0.3 is 0 Å². The first kappa shape index (κ1) is 6.91. The molecule has 1 aromatic rings. The first-order chi connectivity index (χ1) is 5.27. The Labute approximate surface area is 69.8 Å². The van der Waals surface area contributed by atoms with Gasteiger partial charge in [0.2, 0.25) is 0 Å². The van der Waals surface area contributed by atoms with Gasteiger partial charge in [0.25, 0.3) is 0 Å².